The molecular formula is C14H18F3NO3S. The fourth-order valence-corrected chi connectivity index (χ4v) is 2.96. The molecule has 0 aromatic heterocycles. The Morgan fingerprint density at radius 3 is 2.64 bits per heavy atom. The minimum atomic E-state index is -4.57. The van der Waals surface area contributed by atoms with Crippen LogP contribution in [0.3, 0.4) is 0 Å². The molecule has 1 aliphatic carbocycles. The fraction of sp³-hybridized carbons (Fsp3) is 0.571. The van der Waals surface area contributed by atoms with Crippen molar-refractivity contribution in [3.05, 3.63) is 29.8 Å². The van der Waals surface area contributed by atoms with Gasteiger partial charge in [-0.1, -0.05) is 6.07 Å². The Kier molecular flexibility index (Phi) is 5.46. The Balaban J connectivity index is 1.83. The van der Waals surface area contributed by atoms with Crippen molar-refractivity contribution in [3.8, 4) is 0 Å². The summed E-state index contributed by atoms with van der Waals surface area (Å²) in [6, 6.07) is 3.69. The number of benzene rings is 1. The van der Waals surface area contributed by atoms with E-state index in [4.69, 9.17) is 4.74 Å². The standard InChI is InChI=1S/C14H18F3NO3S/c15-14(16,17)12-3-1-4-13(9-12)22(19,20)18-7-2-8-21-10-11-5-6-11/h1,3-4,9,11,18H,2,5-8,10H2. The second-order valence-corrected chi connectivity index (χ2v) is 7.06. The van der Waals surface area contributed by atoms with E-state index in [0.717, 1.165) is 18.2 Å². The van der Waals surface area contributed by atoms with Crippen molar-refractivity contribution in [2.45, 2.75) is 30.3 Å². The summed E-state index contributed by atoms with van der Waals surface area (Å²) in [5.74, 6) is 0.641. The van der Waals surface area contributed by atoms with Crippen LogP contribution in [0.1, 0.15) is 24.8 Å². The lowest BCUT2D eigenvalue weighted by molar-refractivity contribution is -0.137. The van der Waals surface area contributed by atoms with Gasteiger partial charge in [0.25, 0.3) is 0 Å². The van der Waals surface area contributed by atoms with Crippen LogP contribution in [0.5, 0.6) is 0 Å². The second-order valence-electron chi connectivity index (χ2n) is 5.30. The molecule has 4 nitrogen and oxygen atoms in total. The van der Waals surface area contributed by atoms with E-state index in [2.05, 4.69) is 4.72 Å². The molecule has 0 aliphatic heterocycles. The number of rotatable bonds is 8. The Morgan fingerprint density at radius 1 is 1.27 bits per heavy atom. The van der Waals surface area contributed by atoms with Crippen molar-refractivity contribution >= 4 is 10.0 Å². The lowest BCUT2D eigenvalue weighted by Gasteiger charge is -2.10. The number of hydrogen-bond acceptors (Lipinski definition) is 3. The summed E-state index contributed by atoms with van der Waals surface area (Å²) in [5, 5.41) is 0. The third kappa shape index (κ3) is 5.26. The molecule has 0 spiro atoms. The lowest BCUT2D eigenvalue weighted by atomic mass is 10.2. The highest BCUT2D eigenvalue weighted by Crippen LogP contribution is 2.30. The summed E-state index contributed by atoms with van der Waals surface area (Å²) in [5.41, 5.74) is -0.983. The number of halogens is 3. The topological polar surface area (TPSA) is 55.4 Å². The maximum atomic E-state index is 12.6. The second kappa shape index (κ2) is 6.97. The molecule has 1 saturated carbocycles. The molecular weight excluding hydrogens is 319 g/mol. The van der Waals surface area contributed by atoms with Gasteiger partial charge >= 0.3 is 6.18 Å². The Bertz CT molecular complexity index is 598. The molecule has 1 fully saturated rings. The van der Waals surface area contributed by atoms with E-state index in [1.165, 1.54) is 12.8 Å². The van der Waals surface area contributed by atoms with Crippen molar-refractivity contribution in [1.82, 2.24) is 4.72 Å². The first-order valence-corrected chi connectivity index (χ1v) is 8.52. The smallest absolute Gasteiger partial charge is 0.381 e. The van der Waals surface area contributed by atoms with Crippen molar-refractivity contribution in [2.24, 2.45) is 5.92 Å². The van der Waals surface area contributed by atoms with Crippen LogP contribution in [0.2, 0.25) is 0 Å². The molecule has 1 aromatic carbocycles. The van der Waals surface area contributed by atoms with Crippen LogP contribution in [-0.2, 0) is 20.9 Å². The third-order valence-electron chi connectivity index (χ3n) is 3.28. The molecule has 1 aliphatic rings. The molecule has 8 heteroatoms. The highest BCUT2D eigenvalue weighted by atomic mass is 32.2. The average Bonchev–Trinajstić information content (AvgIpc) is 3.26. The van der Waals surface area contributed by atoms with Crippen LogP contribution in [0, 0.1) is 5.92 Å². The molecule has 0 atom stereocenters. The predicted molar refractivity (Wildman–Crippen MR) is 74.8 cm³/mol. The summed E-state index contributed by atoms with van der Waals surface area (Å²) in [6.07, 6.45) is -1.72. The largest absolute Gasteiger partial charge is 0.416 e. The summed E-state index contributed by atoms with van der Waals surface area (Å²) in [4.78, 5) is -0.388. The van der Waals surface area contributed by atoms with E-state index in [-0.39, 0.29) is 11.4 Å². The average molecular weight is 337 g/mol. The van der Waals surface area contributed by atoms with E-state index < -0.39 is 21.8 Å². The van der Waals surface area contributed by atoms with Crippen LogP contribution < -0.4 is 4.72 Å². The van der Waals surface area contributed by atoms with Crippen molar-refractivity contribution in [3.63, 3.8) is 0 Å². The number of nitrogens with one attached hydrogen (secondary N) is 1. The van der Waals surface area contributed by atoms with Gasteiger partial charge in [0.15, 0.2) is 0 Å². The Hall–Kier alpha value is -1.12. The summed E-state index contributed by atoms with van der Waals surface area (Å²) < 4.78 is 69.3. The number of ether oxygens (including phenoxy) is 1. The minimum absolute atomic E-state index is 0.128. The quantitative estimate of drug-likeness (QED) is 0.742. The van der Waals surface area contributed by atoms with Gasteiger partial charge < -0.3 is 4.74 Å². The zero-order valence-corrected chi connectivity index (χ0v) is 12.7. The molecule has 0 radical (unpaired) electrons. The molecule has 1 aromatic rings. The predicted octanol–water partition coefficient (Wildman–Crippen LogP) is 2.80. The molecule has 0 unspecified atom stereocenters. The third-order valence-corrected chi connectivity index (χ3v) is 4.74. The normalized spacial score (nSPS) is 16.0. The first kappa shape index (κ1) is 17.2. The molecule has 0 amide bonds. The van der Waals surface area contributed by atoms with Gasteiger partial charge in [0, 0.05) is 19.8 Å². The van der Waals surface area contributed by atoms with Crippen LogP contribution in [0.15, 0.2) is 29.2 Å². The monoisotopic (exact) mass is 337 g/mol. The van der Waals surface area contributed by atoms with E-state index >= 15 is 0 Å². The number of alkyl halides is 3. The number of hydrogen-bond donors (Lipinski definition) is 1. The lowest BCUT2D eigenvalue weighted by Crippen LogP contribution is -2.26. The zero-order valence-electron chi connectivity index (χ0n) is 11.9. The summed E-state index contributed by atoms with van der Waals surface area (Å²) in [6.45, 7) is 1.26. The maximum absolute atomic E-state index is 12.6. The molecule has 0 heterocycles. The first-order valence-electron chi connectivity index (χ1n) is 7.04. The molecule has 22 heavy (non-hydrogen) atoms. The highest BCUT2D eigenvalue weighted by molar-refractivity contribution is 7.89. The molecule has 124 valence electrons. The Labute approximate surface area is 127 Å². The van der Waals surface area contributed by atoms with Gasteiger partial charge in [-0.15, -0.1) is 0 Å². The number of sulfonamides is 1. The van der Waals surface area contributed by atoms with Crippen LogP contribution in [0.4, 0.5) is 13.2 Å². The van der Waals surface area contributed by atoms with E-state index in [1.54, 1.807) is 0 Å². The van der Waals surface area contributed by atoms with Crippen molar-refractivity contribution in [2.75, 3.05) is 19.8 Å². The zero-order chi connectivity index (χ0) is 16.2. The maximum Gasteiger partial charge on any atom is 0.416 e. The van der Waals surface area contributed by atoms with Gasteiger partial charge in [-0.2, -0.15) is 13.2 Å². The molecule has 1 N–H and O–H groups in total. The van der Waals surface area contributed by atoms with Gasteiger partial charge in [-0.05, 0) is 43.4 Å². The molecule has 0 saturated heterocycles. The van der Waals surface area contributed by atoms with Gasteiger partial charge in [0.1, 0.15) is 0 Å². The fourth-order valence-electron chi connectivity index (χ4n) is 1.84. The van der Waals surface area contributed by atoms with Gasteiger partial charge in [-0.3, -0.25) is 0 Å². The SMILES string of the molecule is O=S(=O)(NCCCOCC1CC1)c1cccc(C(F)(F)F)c1. The molecule has 0 bridgehead atoms. The minimum Gasteiger partial charge on any atom is -0.381 e. The summed E-state index contributed by atoms with van der Waals surface area (Å²) in [7, 11) is -3.94. The van der Waals surface area contributed by atoms with Crippen molar-refractivity contribution < 1.29 is 26.3 Å². The van der Waals surface area contributed by atoms with Crippen LogP contribution in [0.25, 0.3) is 0 Å². The van der Waals surface area contributed by atoms with Gasteiger partial charge in [-0.25, -0.2) is 13.1 Å². The Morgan fingerprint density at radius 2 is 2.00 bits per heavy atom. The van der Waals surface area contributed by atoms with Crippen molar-refractivity contribution in [1.29, 1.82) is 0 Å². The highest BCUT2D eigenvalue weighted by Gasteiger charge is 2.31. The van der Waals surface area contributed by atoms with Crippen LogP contribution in [-0.4, -0.2) is 28.2 Å². The summed E-state index contributed by atoms with van der Waals surface area (Å²) >= 11 is 0. The van der Waals surface area contributed by atoms with Crippen LogP contribution >= 0.6 is 0 Å². The first-order chi connectivity index (χ1) is 10.3. The van der Waals surface area contributed by atoms with Gasteiger partial charge in [0.05, 0.1) is 10.5 Å². The molecule has 2 rings (SSSR count). The van der Waals surface area contributed by atoms with E-state index in [0.29, 0.717) is 31.6 Å². The van der Waals surface area contributed by atoms with E-state index in [9.17, 15) is 21.6 Å². The van der Waals surface area contributed by atoms with Gasteiger partial charge in [0.2, 0.25) is 10.0 Å². The van der Waals surface area contributed by atoms with E-state index in [1.807, 2.05) is 0 Å².